The highest BCUT2D eigenvalue weighted by Crippen LogP contribution is 2.19. The van der Waals surface area contributed by atoms with Crippen molar-refractivity contribution in [1.82, 2.24) is 10.2 Å². The molecule has 0 bridgehead atoms. The number of nitrogens with one attached hydrogen (secondary N) is 1. The average Bonchev–Trinajstić information content (AvgIpc) is 2.14. The predicted molar refractivity (Wildman–Crippen MR) is 69.0 cm³/mol. The minimum absolute atomic E-state index is 0.0326. The van der Waals surface area contributed by atoms with Gasteiger partial charge in [0.25, 0.3) is 0 Å². The SMILES string of the molecule is C=C(NCC(C)C)C(C)(C)N(C)CCC. The lowest BCUT2D eigenvalue weighted by atomic mass is 9.98. The minimum atomic E-state index is 0.0326. The smallest absolute Gasteiger partial charge is 0.0542 e. The fourth-order valence-corrected chi connectivity index (χ4v) is 1.39. The van der Waals surface area contributed by atoms with Crippen LogP contribution in [0.5, 0.6) is 0 Å². The number of rotatable bonds is 7. The summed E-state index contributed by atoms with van der Waals surface area (Å²) in [7, 11) is 2.16. The molecule has 0 rings (SSSR count). The van der Waals surface area contributed by atoms with E-state index >= 15 is 0 Å². The van der Waals surface area contributed by atoms with E-state index in [1.54, 1.807) is 0 Å². The van der Waals surface area contributed by atoms with Crippen molar-refractivity contribution in [3.05, 3.63) is 12.3 Å². The van der Waals surface area contributed by atoms with Gasteiger partial charge in [0.15, 0.2) is 0 Å². The van der Waals surface area contributed by atoms with Crippen molar-refractivity contribution in [3.8, 4) is 0 Å². The standard InChI is InChI=1S/C13H28N2/c1-8-9-15(7)13(5,6)12(4)14-10-11(2)3/h11,14H,4,8-10H2,1-3,5-7H3. The van der Waals surface area contributed by atoms with E-state index in [-0.39, 0.29) is 5.54 Å². The van der Waals surface area contributed by atoms with Crippen LogP contribution in [0.25, 0.3) is 0 Å². The summed E-state index contributed by atoms with van der Waals surface area (Å²) < 4.78 is 0. The molecule has 2 nitrogen and oxygen atoms in total. The summed E-state index contributed by atoms with van der Waals surface area (Å²) in [5, 5.41) is 3.43. The van der Waals surface area contributed by atoms with Crippen LogP contribution in [-0.2, 0) is 0 Å². The van der Waals surface area contributed by atoms with Crippen molar-refractivity contribution in [2.75, 3.05) is 20.1 Å². The highest BCUT2D eigenvalue weighted by molar-refractivity contribution is 5.11. The Morgan fingerprint density at radius 1 is 1.40 bits per heavy atom. The average molecular weight is 212 g/mol. The largest absolute Gasteiger partial charge is 0.387 e. The van der Waals surface area contributed by atoms with E-state index < -0.39 is 0 Å². The molecule has 0 saturated heterocycles. The maximum atomic E-state index is 4.15. The van der Waals surface area contributed by atoms with Crippen molar-refractivity contribution >= 4 is 0 Å². The zero-order chi connectivity index (χ0) is 12.1. The molecule has 90 valence electrons. The molecule has 0 aliphatic carbocycles. The molecule has 0 aliphatic rings. The summed E-state index contributed by atoms with van der Waals surface area (Å²) in [6.45, 7) is 17.3. The molecule has 0 aromatic carbocycles. The first kappa shape index (κ1) is 14.5. The molecule has 15 heavy (non-hydrogen) atoms. The second-order valence-corrected chi connectivity index (χ2v) is 5.23. The van der Waals surface area contributed by atoms with Crippen LogP contribution >= 0.6 is 0 Å². The van der Waals surface area contributed by atoms with E-state index in [2.05, 4.69) is 58.5 Å². The van der Waals surface area contributed by atoms with Crippen LogP contribution < -0.4 is 5.32 Å². The van der Waals surface area contributed by atoms with Gasteiger partial charge in [-0.15, -0.1) is 0 Å². The molecule has 0 fully saturated rings. The maximum Gasteiger partial charge on any atom is 0.0542 e. The van der Waals surface area contributed by atoms with Crippen LogP contribution in [0.1, 0.15) is 41.0 Å². The van der Waals surface area contributed by atoms with Crippen molar-refractivity contribution < 1.29 is 0 Å². The molecular weight excluding hydrogens is 184 g/mol. The van der Waals surface area contributed by atoms with Gasteiger partial charge in [0.05, 0.1) is 5.54 Å². The zero-order valence-corrected chi connectivity index (χ0v) is 11.4. The lowest BCUT2D eigenvalue weighted by molar-refractivity contribution is 0.184. The Morgan fingerprint density at radius 3 is 2.33 bits per heavy atom. The summed E-state index contributed by atoms with van der Waals surface area (Å²) in [5.41, 5.74) is 1.15. The van der Waals surface area contributed by atoms with Crippen LogP contribution in [0, 0.1) is 5.92 Å². The van der Waals surface area contributed by atoms with Gasteiger partial charge in [0.2, 0.25) is 0 Å². The van der Waals surface area contributed by atoms with E-state index in [1.807, 2.05) is 0 Å². The molecule has 0 aliphatic heterocycles. The van der Waals surface area contributed by atoms with Gasteiger partial charge in [0.1, 0.15) is 0 Å². The van der Waals surface area contributed by atoms with E-state index in [4.69, 9.17) is 0 Å². The van der Waals surface area contributed by atoms with Gasteiger partial charge in [0, 0.05) is 12.2 Å². The van der Waals surface area contributed by atoms with Crippen molar-refractivity contribution in [1.29, 1.82) is 0 Å². The molecule has 0 aromatic heterocycles. The van der Waals surface area contributed by atoms with Crippen LogP contribution in [-0.4, -0.2) is 30.6 Å². The highest BCUT2D eigenvalue weighted by atomic mass is 15.2. The molecule has 1 N–H and O–H groups in total. The third kappa shape index (κ3) is 4.70. The summed E-state index contributed by atoms with van der Waals surface area (Å²) >= 11 is 0. The van der Waals surface area contributed by atoms with Gasteiger partial charge in [-0.3, -0.25) is 4.90 Å². The maximum absolute atomic E-state index is 4.15. The van der Waals surface area contributed by atoms with Gasteiger partial charge in [-0.25, -0.2) is 0 Å². The van der Waals surface area contributed by atoms with Crippen LogP contribution in [0.3, 0.4) is 0 Å². The molecule has 0 heterocycles. The van der Waals surface area contributed by atoms with Gasteiger partial charge >= 0.3 is 0 Å². The van der Waals surface area contributed by atoms with Crippen LogP contribution in [0.2, 0.25) is 0 Å². The Labute approximate surface area is 95.7 Å². The van der Waals surface area contributed by atoms with Crippen LogP contribution in [0.4, 0.5) is 0 Å². The van der Waals surface area contributed by atoms with Crippen molar-refractivity contribution in [3.63, 3.8) is 0 Å². The first-order valence-electron chi connectivity index (χ1n) is 5.96. The highest BCUT2D eigenvalue weighted by Gasteiger charge is 2.26. The van der Waals surface area contributed by atoms with Gasteiger partial charge in [-0.1, -0.05) is 27.4 Å². The molecule has 0 unspecified atom stereocenters. The number of likely N-dealkylation sites (N-methyl/N-ethyl adjacent to an activating group) is 1. The summed E-state index contributed by atoms with van der Waals surface area (Å²) in [6.07, 6.45) is 1.18. The molecule has 0 atom stereocenters. The van der Waals surface area contributed by atoms with E-state index in [0.29, 0.717) is 5.92 Å². The molecule has 2 heteroatoms. The van der Waals surface area contributed by atoms with Gasteiger partial charge in [-0.2, -0.15) is 0 Å². The second-order valence-electron chi connectivity index (χ2n) is 5.23. The lowest BCUT2D eigenvalue weighted by Crippen LogP contribution is -2.47. The second kappa shape index (κ2) is 6.16. The quantitative estimate of drug-likeness (QED) is 0.698. The molecule has 0 spiro atoms. The Bertz CT molecular complexity index is 195. The molecule has 0 radical (unpaired) electrons. The molecule has 0 amide bonds. The Hall–Kier alpha value is -0.500. The van der Waals surface area contributed by atoms with Crippen molar-refractivity contribution in [2.45, 2.75) is 46.6 Å². The van der Waals surface area contributed by atoms with E-state index in [0.717, 1.165) is 18.8 Å². The van der Waals surface area contributed by atoms with Crippen molar-refractivity contribution in [2.24, 2.45) is 5.92 Å². The molecule has 0 saturated carbocycles. The topological polar surface area (TPSA) is 15.3 Å². The number of nitrogens with zero attached hydrogens (tertiary/aromatic N) is 1. The molecular formula is C13H28N2. The summed E-state index contributed by atoms with van der Waals surface area (Å²) in [5.74, 6) is 0.661. The summed E-state index contributed by atoms with van der Waals surface area (Å²) in [4.78, 5) is 2.35. The van der Waals surface area contributed by atoms with Gasteiger partial charge in [-0.05, 0) is 39.8 Å². The Balaban J connectivity index is 4.24. The van der Waals surface area contributed by atoms with Gasteiger partial charge < -0.3 is 5.32 Å². The van der Waals surface area contributed by atoms with E-state index in [9.17, 15) is 0 Å². The first-order valence-corrected chi connectivity index (χ1v) is 5.96. The third-order valence-electron chi connectivity index (χ3n) is 2.98. The monoisotopic (exact) mass is 212 g/mol. The number of hydrogen-bond acceptors (Lipinski definition) is 2. The normalized spacial score (nSPS) is 12.3. The Morgan fingerprint density at radius 2 is 1.93 bits per heavy atom. The molecule has 0 aromatic rings. The summed E-state index contributed by atoms with van der Waals surface area (Å²) in [6, 6.07) is 0. The Kier molecular flexibility index (Phi) is 5.96. The predicted octanol–water partition coefficient (Wildman–Crippen LogP) is 2.87. The minimum Gasteiger partial charge on any atom is -0.387 e. The van der Waals surface area contributed by atoms with E-state index in [1.165, 1.54) is 6.42 Å². The zero-order valence-electron chi connectivity index (χ0n) is 11.4. The van der Waals surface area contributed by atoms with Crippen LogP contribution in [0.15, 0.2) is 12.3 Å². The fourth-order valence-electron chi connectivity index (χ4n) is 1.39. The lowest BCUT2D eigenvalue weighted by Gasteiger charge is -2.38. The first-order chi connectivity index (χ1) is 6.82. The number of hydrogen-bond donors (Lipinski definition) is 1. The fraction of sp³-hybridized carbons (Fsp3) is 0.846. The third-order valence-corrected chi connectivity index (χ3v) is 2.98.